The zero-order valence-electron chi connectivity index (χ0n) is 18.9. The molecule has 0 heterocycles. The highest BCUT2D eigenvalue weighted by Gasteiger charge is 2.20. The highest BCUT2D eigenvalue weighted by molar-refractivity contribution is 5.20. The Balaban J connectivity index is 1.90. The molecule has 0 bridgehead atoms. The smallest absolute Gasteiger partial charge is 0.128 e. The van der Waals surface area contributed by atoms with Gasteiger partial charge in [-0.05, 0) is 38.3 Å². The maximum atomic E-state index is 5.74. The van der Waals surface area contributed by atoms with Crippen molar-refractivity contribution in [2.24, 2.45) is 0 Å². The van der Waals surface area contributed by atoms with Crippen LogP contribution in [0.1, 0.15) is 58.3 Å². The van der Waals surface area contributed by atoms with E-state index in [1.54, 1.807) is 0 Å². The van der Waals surface area contributed by atoms with Gasteiger partial charge in [-0.3, -0.25) is 0 Å². The minimum atomic E-state index is 0.852. The van der Waals surface area contributed by atoms with Crippen LogP contribution in [0.15, 0.2) is 30.3 Å². The lowest BCUT2D eigenvalue weighted by molar-refractivity contribution is -0.945. The molecule has 0 saturated carbocycles. The minimum absolute atomic E-state index is 0.852. The molecule has 1 rings (SSSR count). The molecular weight excluding hydrogens is 332 g/mol. The zero-order valence-corrected chi connectivity index (χ0v) is 18.9. The second-order valence-electron chi connectivity index (χ2n) is 9.35. The fourth-order valence-electron chi connectivity index (χ4n) is 3.22. The van der Waals surface area contributed by atoms with Gasteiger partial charge < -0.3 is 13.7 Å². The Labute approximate surface area is 169 Å². The summed E-state index contributed by atoms with van der Waals surface area (Å²) in [6.45, 7) is 8.24. The molecular formula is C24H46N2O+2. The molecule has 0 aliphatic rings. The van der Waals surface area contributed by atoms with Crippen molar-refractivity contribution in [3.8, 4) is 5.75 Å². The second kappa shape index (κ2) is 13.2. The van der Waals surface area contributed by atoms with Gasteiger partial charge in [-0.1, -0.05) is 50.3 Å². The summed E-state index contributed by atoms with van der Waals surface area (Å²) in [5, 5.41) is 0. The lowest BCUT2D eigenvalue weighted by Gasteiger charge is -2.35. The molecule has 3 heteroatoms. The van der Waals surface area contributed by atoms with Crippen molar-refractivity contribution in [1.82, 2.24) is 0 Å². The van der Waals surface area contributed by atoms with Gasteiger partial charge in [0.1, 0.15) is 18.8 Å². The molecule has 0 aliphatic heterocycles. The molecule has 0 radical (unpaired) electrons. The van der Waals surface area contributed by atoms with E-state index < -0.39 is 0 Å². The quantitative estimate of drug-likeness (QED) is 0.278. The number of hydrogen-bond acceptors (Lipinski definition) is 1. The fourth-order valence-corrected chi connectivity index (χ4v) is 3.22. The fraction of sp³-hybridized carbons (Fsp3) is 0.750. The summed E-state index contributed by atoms with van der Waals surface area (Å²) in [5.41, 5.74) is 0. The van der Waals surface area contributed by atoms with Crippen LogP contribution in [0.4, 0.5) is 0 Å². The van der Waals surface area contributed by atoms with Gasteiger partial charge in [0.05, 0.1) is 47.9 Å². The standard InChI is InChI=1S/C24H46N2O/c1-6-25(2,3)21-22-26(4,5)20-16-11-9-7-8-10-12-17-23-27-24-18-14-13-15-19-24/h13-15,18-19H,6-12,16-17,20-23H2,1-5H3/q+2. The maximum absolute atomic E-state index is 5.74. The SMILES string of the molecule is CC[N+](C)(C)CC[N+](C)(C)CCCCCCCCCCOc1ccccc1. The van der Waals surface area contributed by atoms with Gasteiger partial charge in [-0.2, -0.15) is 0 Å². The number of rotatable bonds is 16. The van der Waals surface area contributed by atoms with Crippen LogP contribution in [-0.2, 0) is 0 Å². The van der Waals surface area contributed by atoms with E-state index in [1.807, 2.05) is 30.3 Å². The number of likely N-dealkylation sites (N-methyl/N-ethyl adjacent to an activating group) is 2. The molecule has 0 fully saturated rings. The largest absolute Gasteiger partial charge is 0.494 e. The predicted octanol–water partition coefficient (Wildman–Crippen LogP) is 5.36. The van der Waals surface area contributed by atoms with Gasteiger partial charge >= 0.3 is 0 Å². The van der Waals surface area contributed by atoms with Crippen LogP contribution in [0.5, 0.6) is 5.75 Å². The number of para-hydroxylation sites is 1. The molecule has 156 valence electrons. The van der Waals surface area contributed by atoms with E-state index >= 15 is 0 Å². The van der Waals surface area contributed by atoms with Crippen LogP contribution in [0.25, 0.3) is 0 Å². The Morgan fingerprint density at radius 3 is 1.74 bits per heavy atom. The van der Waals surface area contributed by atoms with Gasteiger partial charge in [0, 0.05) is 0 Å². The Hall–Kier alpha value is -1.06. The van der Waals surface area contributed by atoms with E-state index in [2.05, 4.69) is 35.1 Å². The molecule has 27 heavy (non-hydrogen) atoms. The average Bonchev–Trinajstić information content (AvgIpc) is 2.65. The summed E-state index contributed by atoms with van der Waals surface area (Å²) < 4.78 is 8.05. The lowest BCUT2D eigenvalue weighted by Crippen LogP contribution is -2.51. The van der Waals surface area contributed by atoms with Crippen LogP contribution in [0, 0.1) is 0 Å². The number of ether oxygens (including phenoxy) is 1. The Kier molecular flexibility index (Phi) is 11.7. The third-order valence-electron chi connectivity index (χ3n) is 5.84. The number of nitrogens with zero attached hydrogens (tertiary/aromatic N) is 2. The zero-order chi connectivity index (χ0) is 20.0. The van der Waals surface area contributed by atoms with Crippen molar-refractivity contribution in [2.45, 2.75) is 58.3 Å². The first-order valence-electron chi connectivity index (χ1n) is 11.2. The topological polar surface area (TPSA) is 9.23 Å². The van der Waals surface area contributed by atoms with Gasteiger partial charge in [0.2, 0.25) is 0 Å². The number of quaternary nitrogens is 2. The summed E-state index contributed by atoms with van der Waals surface area (Å²) in [5.74, 6) is 0.996. The minimum Gasteiger partial charge on any atom is -0.494 e. The average molecular weight is 379 g/mol. The Morgan fingerprint density at radius 2 is 1.15 bits per heavy atom. The summed E-state index contributed by atoms with van der Waals surface area (Å²) in [6, 6.07) is 10.1. The van der Waals surface area contributed by atoms with Gasteiger partial charge in [0.15, 0.2) is 0 Å². The third-order valence-corrected chi connectivity index (χ3v) is 5.84. The maximum Gasteiger partial charge on any atom is 0.128 e. The van der Waals surface area contributed by atoms with Crippen LogP contribution >= 0.6 is 0 Å². The predicted molar refractivity (Wildman–Crippen MR) is 118 cm³/mol. The number of unbranched alkanes of at least 4 members (excludes halogenated alkanes) is 7. The Bertz CT molecular complexity index is 471. The summed E-state index contributed by atoms with van der Waals surface area (Å²) in [4.78, 5) is 0. The van der Waals surface area contributed by atoms with E-state index in [0.717, 1.165) is 16.8 Å². The summed E-state index contributed by atoms with van der Waals surface area (Å²) in [7, 11) is 9.47. The molecule has 1 aromatic rings. The van der Waals surface area contributed by atoms with Crippen molar-refractivity contribution in [1.29, 1.82) is 0 Å². The molecule has 1 aromatic carbocycles. The first-order valence-corrected chi connectivity index (χ1v) is 11.2. The van der Waals surface area contributed by atoms with Crippen LogP contribution in [0.2, 0.25) is 0 Å². The van der Waals surface area contributed by atoms with Gasteiger partial charge in [-0.25, -0.2) is 0 Å². The summed E-state index contributed by atoms with van der Waals surface area (Å²) in [6.07, 6.45) is 10.8. The van der Waals surface area contributed by atoms with Crippen molar-refractivity contribution >= 4 is 0 Å². The van der Waals surface area contributed by atoms with Crippen LogP contribution < -0.4 is 4.74 Å². The molecule has 0 unspecified atom stereocenters. The molecule has 0 saturated heterocycles. The van der Waals surface area contributed by atoms with Crippen molar-refractivity contribution in [3.63, 3.8) is 0 Å². The monoisotopic (exact) mass is 378 g/mol. The second-order valence-corrected chi connectivity index (χ2v) is 9.35. The first kappa shape index (κ1) is 24.0. The molecule has 0 atom stereocenters. The molecule has 0 aliphatic carbocycles. The highest BCUT2D eigenvalue weighted by Crippen LogP contribution is 2.12. The van der Waals surface area contributed by atoms with E-state index in [0.29, 0.717) is 0 Å². The normalized spacial score (nSPS) is 12.3. The van der Waals surface area contributed by atoms with Crippen LogP contribution in [0.3, 0.4) is 0 Å². The van der Waals surface area contributed by atoms with Crippen molar-refractivity contribution in [3.05, 3.63) is 30.3 Å². The first-order chi connectivity index (χ1) is 12.8. The van der Waals surface area contributed by atoms with Crippen LogP contribution in [-0.4, -0.2) is 69.9 Å². The molecule has 0 spiro atoms. The third kappa shape index (κ3) is 12.9. The molecule has 0 aromatic heterocycles. The number of hydrogen-bond donors (Lipinski definition) is 0. The molecule has 3 nitrogen and oxygen atoms in total. The van der Waals surface area contributed by atoms with Gasteiger partial charge in [-0.15, -0.1) is 0 Å². The van der Waals surface area contributed by atoms with E-state index in [9.17, 15) is 0 Å². The van der Waals surface area contributed by atoms with E-state index in [4.69, 9.17) is 4.74 Å². The van der Waals surface area contributed by atoms with Gasteiger partial charge in [0.25, 0.3) is 0 Å². The summed E-state index contributed by atoms with van der Waals surface area (Å²) >= 11 is 0. The molecule has 0 amide bonds. The van der Waals surface area contributed by atoms with E-state index in [-0.39, 0.29) is 0 Å². The molecule has 0 N–H and O–H groups in total. The Morgan fingerprint density at radius 1 is 0.630 bits per heavy atom. The lowest BCUT2D eigenvalue weighted by atomic mass is 10.1. The van der Waals surface area contributed by atoms with E-state index in [1.165, 1.54) is 82.0 Å². The highest BCUT2D eigenvalue weighted by atomic mass is 16.5. The van der Waals surface area contributed by atoms with Crippen molar-refractivity contribution < 1.29 is 13.7 Å². The number of benzene rings is 1. The van der Waals surface area contributed by atoms with Crippen molar-refractivity contribution in [2.75, 3.05) is 61.0 Å².